The molecule has 2 heterocycles. The molecule has 4 aromatic rings. The summed E-state index contributed by atoms with van der Waals surface area (Å²) in [6.07, 6.45) is 7.55. The van der Waals surface area contributed by atoms with Crippen molar-refractivity contribution >= 4 is 27.6 Å². The van der Waals surface area contributed by atoms with Crippen LogP contribution in [0.4, 0.5) is 5.69 Å². The van der Waals surface area contributed by atoms with Gasteiger partial charge in [0.25, 0.3) is 0 Å². The molecule has 2 nitrogen and oxygen atoms in total. The number of rotatable bonds is 1. The van der Waals surface area contributed by atoms with E-state index in [1.807, 2.05) is 12.1 Å². The van der Waals surface area contributed by atoms with Crippen LogP contribution in [0.1, 0.15) is 12.5 Å². The van der Waals surface area contributed by atoms with Crippen molar-refractivity contribution in [3.63, 3.8) is 0 Å². The second kappa shape index (κ2) is 6.48. The molecule has 1 N–H and O–H groups in total. The van der Waals surface area contributed by atoms with Gasteiger partial charge < -0.3 is 9.73 Å². The summed E-state index contributed by atoms with van der Waals surface area (Å²) in [6, 6.07) is 21.3. The lowest BCUT2D eigenvalue weighted by Gasteiger charge is -2.12. The van der Waals surface area contributed by atoms with Crippen LogP contribution in [0.5, 0.6) is 0 Å². The molecule has 0 radical (unpaired) electrons. The van der Waals surface area contributed by atoms with Gasteiger partial charge in [-0.2, -0.15) is 0 Å². The second-order valence-electron chi connectivity index (χ2n) is 7.09. The summed E-state index contributed by atoms with van der Waals surface area (Å²) in [7, 11) is 0. The van der Waals surface area contributed by atoms with Gasteiger partial charge in [0, 0.05) is 28.6 Å². The van der Waals surface area contributed by atoms with E-state index >= 15 is 0 Å². The van der Waals surface area contributed by atoms with Crippen molar-refractivity contribution in [2.45, 2.75) is 13.3 Å². The maximum atomic E-state index is 6.23. The van der Waals surface area contributed by atoms with Crippen LogP contribution in [0.3, 0.4) is 0 Å². The molecule has 3 aromatic carbocycles. The Labute approximate surface area is 158 Å². The number of hydrogen-bond acceptors (Lipinski definition) is 2. The molecule has 132 valence electrons. The molecule has 27 heavy (non-hydrogen) atoms. The van der Waals surface area contributed by atoms with Gasteiger partial charge >= 0.3 is 0 Å². The zero-order valence-electron chi connectivity index (χ0n) is 15.3. The highest BCUT2D eigenvalue weighted by atomic mass is 16.3. The number of benzene rings is 3. The molecular formula is C25H21NO. The van der Waals surface area contributed by atoms with Gasteiger partial charge in [0.1, 0.15) is 11.2 Å². The molecule has 0 saturated heterocycles. The predicted molar refractivity (Wildman–Crippen MR) is 114 cm³/mol. The van der Waals surface area contributed by atoms with E-state index in [0.29, 0.717) is 0 Å². The summed E-state index contributed by atoms with van der Waals surface area (Å²) in [4.78, 5) is 0. The fourth-order valence-corrected chi connectivity index (χ4v) is 3.83. The van der Waals surface area contributed by atoms with Crippen LogP contribution in [-0.2, 0) is 6.42 Å². The maximum absolute atomic E-state index is 6.23. The minimum absolute atomic E-state index is 0.844. The maximum Gasteiger partial charge on any atom is 0.143 e. The van der Waals surface area contributed by atoms with Crippen molar-refractivity contribution in [2.75, 3.05) is 11.9 Å². The highest BCUT2D eigenvalue weighted by Crippen LogP contribution is 2.36. The second-order valence-corrected chi connectivity index (χ2v) is 7.09. The third-order valence-electron chi connectivity index (χ3n) is 5.26. The number of furan rings is 1. The molecule has 0 atom stereocenters. The lowest BCUT2D eigenvalue weighted by Crippen LogP contribution is -2.01. The van der Waals surface area contributed by atoms with Crippen molar-refractivity contribution in [3.05, 3.63) is 90.0 Å². The van der Waals surface area contributed by atoms with Gasteiger partial charge in [-0.15, -0.1) is 0 Å². The fourth-order valence-electron chi connectivity index (χ4n) is 3.83. The molecule has 0 saturated carbocycles. The Kier molecular flexibility index (Phi) is 3.83. The number of anilines is 1. The minimum Gasteiger partial charge on any atom is -0.455 e. The Morgan fingerprint density at radius 3 is 2.78 bits per heavy atom. The highest BCUT2D eigenvalue weighted by molar-refractivity contribution is 6.09. The summed E-state index contributed by atoms with van der Waals surface area (Å²) >= 11 is 0. The summed E-state index contributed by atoms with van der Waals surface area (Å²) in [5, 5.41) is 5.86. The van der Waals surface area contributed by atoms with E-state index in [4.69, 9.17) is 4.42 Å². The van der Waals surface area contributed by atoms with E-state index in [1.54, 1.807) is 0 Å². The molecule has 0 spiro atoms. The Morgan fingerprint density at radius 2 is 1.81 bits per heavy atom. The number of allylic oxidation sites excluding steroid dienone is 3. The first-order chi connectivity index (χ1) is 13.3. The third-order valence-corrected chi connectivity index (χ3v) is 5.26. The van der Waals surface area contributed by atoms with E-state index in [0.717, 1.165) is 29.7 Å². The van der Waals surface area contributed by atoms with Crippen molar-refractivity contribution in [1.82, 2.24) is 0 Å². The first-order valence-electron chi connectivity index (χ1n) is 9.40. The van der Waals surface area contributed by atoms with Crippen LogP contribution in [-0.4, -0.2) is 6.54 Å². The van der Waals surface area contributed by atoms with Crippen molar-refractivity contribution in [2.24, 2.45) is 0 Å². The highest BCUT2D eigenvalue weighted by Gasteiger charge is 2.13. The molecule has 0 bridgehead atoms. The Bertz CT molecular complexity index is 1210. The molecule has 0 aliphatic carbocycles. The van der Waals surface area contributed by atoms with E-state index in [1.165, 1.54) is 33.2 Å². The SMILES string of the molecule is CC1=CCc2cc(-c3cccc4c3oc3ccccc34)ccc2NCC=C1. The predicted octanol–water partition coefficient (Wildman–Crippen LogP) is 6.72. The Balaban J connectivity index is 1.67. The molecule has 1 aliphatic heterocycles. The Morgan fingerprint density at radius 1 is 0.926 bits per heavy atom. The molecule has 0 amide bonds. The number of hydrogen-bond donors (Lipinski definition) is 1. The first kappa shape index (κ1) is 16.0. The largest absolute Gasteiger partial charge is 0.455 e. The molecule has 0 fully saturated rings. The van der Waals surface area contributed by atoms with Crippen LogP contribution in [0.25, 0.3) is 33.1 Å². The minimum atomic E-state index is 0.844. The van der Waals surface area contributed by atoms with Crippen LogP contribution >= 0.6 is 0 Å². The topological polar surface area (TPSA) is 25.2 Å². The van der Waals surface area contributed by atoms with Crippen molar-refractivity contribution in [3.8, 4) is 11.1 Å². The standard InChI is InChI=1S/C25H21NO/c1-17-6-5-15-26-23-14-13-18(16-19(23)12-11-17)20-8-4-9-22-21-7-2-3-10-24(21)27-25(20)22/h2-11,13-14,16,26H,12,15H2,1H3. The fraction of sp³-hybridized carbons (Fsp3) is 0.120. The molecule has 1 aromatic heterocycles. The number of fused-ring (bicyclic) bond motifs is 4. The molecule has 1 aliphatic rings. The van der Waals surface area contributed by atoms with E-state index < -0.39 is 0 Å². The van der Waals surface area contributed by atoms with Gasteiger partial charge in [0.15, 0.2) is 0 Å². The van der Waals surface area contributed by atoms with Crippen LogP contribution < -0.4 is 5.32 Å². The summed E-state index contributed by atoms with van der Waals surface area (Å²) < 4.78 is 6.23. The van der Waals surface area contributed by atoms with Gasteiger partial charge in [-0.05, 0) is 42.7 Å². The van der Waals surface area contributed by atoms with Crippen LogP contribution in [0.2, 0.25) is 0 Å². The van der Waals surface area contributed by atoms with Crippen LogP contribution in [0, 0.1) is 0 Å². The lowest BCUT2D eigenvalue weighted by molar-refractivity contribution is 0.670. The van der Waals surface area contributed by atoms with E-state index in [9.17, 15) is 0 Å². The van der Waals surface area contributed by atoms with Gasteiger partial charge in [0.2, 0.25) is 0 Å². The van der Waals surface area contributed by atoms with Gasteiger partial charge in [-0.1, -0.05) is 66.3 Å². The normalized spacial score (nSPS) is 14.2. The average Bonchev–Trinajstić information content (AvgIpc) is 3.11. The van der Waals surface area contributed by atoms with Gasteiger partial charge in [0.05, 0.1) is 0 Å². The summed E-state index contributed by atoms with van der Waals surface area (Å²) in [5.41, 5.74) is 8.05. The Hall–Kier alpha value is -3.26. The van der Waals surface area contributed by atoms with Crippen molar-refractivity contribution < 1.29 is 4.42 Å². The van der Waals surface area contributed by atoms with Crippen LogP contribution in [0.15, 0.2) is 88.9 Å². The molecule has 5 rings (SSSR count). The third kappa shape index (κ3) is 2.83. The molecule has 0 unspecified atom stereocenters. The average molecular weight is 351 g/mol. The summed E-state index contributed by atoms with van der Waals surface area (Å²) in [6.45, 7) is 3.00. The smallest absolute Gasteiger partial charge is 0.143 e. The number of nitrogens with one attached hydrogen (secondary N) is 1. The zero-order chi connectivity index (χ0) is 18.2. The van der Waals surface area contributed by atoms with Gasteiger partial charge in [-0.3, -0.25) is 0 Å². The summed E-state index contributed by atoms with van der Waals surface area (Å²) in [5.74, 6) is 0. The van der Waals surface area contributed by atoms with Crippen molar-refractivity contribution in [1.29, 1.82) is 0 Å². The molecular weight excluding hydrogens is 330 g/mol. The van der Waals surface area contributed by atoms with Gasteiger partial charge in [-0.25, -0.2) is 0 Å². The molecule has 2 heteroatoms. The van der Waals surface area contributed by atoms with E-state index in [2.05, 4.69) is 79.0 Å². The monoisotopic (exact) mass is 351 g/mol. The van der Waals surface area contributed by atoms with E-state index in [-0.39, 0.29) is 0 Å². The first-order valence-corrected chi connectivity index (χ1v) is 9.40. The zero-order valence-corrected chi connectivity index (χ0v) is 15.3. The quantitative estimate of drug-likeness (QED) is 0.411. The number of para-hydroxylation sites is 2. The lowest BCUT2D eigenvalue weighted by atomic mass is 9.98.